The quantitative estimate of drug-likeness (QED) is 0.0356. The maximum atomic E-state index is 11.9. The molecule has 0 saturated heterocycles. The van der Waals surface area contributed by atoms with Gasteiger partial charge in [-0.05, 0) is 85.3 Å². The highest BCUT2D eigenvalue weighted by Gasteiger charge is 2.33. The lowest BCUT2D eigenvalue weighted by atomic mass is 9.92. The molecule has 16 nitrogen and oxygen atoms in total. The molecule has 0 saturated carbocycles. The number of benzene rings is 4. The molecule has 0 aliphatic rings. The van der Waals surface area contributed by atoms with Crippen LogP contribution in [-0.2, 0) is 49.1 Å². The molecule has 0 aliphatic carbocycles. The highest BCUT2D eigenvalue weighted by atomic mass is 35.5. The molecule has 0 unspecified atom stereocenters. The van der Waals surface area contributed by atoms with Gasteiger partial charge in [0.2, 0.25) is 0 Å². The lowest BCUT2D eigenvalue weighted by molar-refractivity contribution is -0.146. The Bertz CT molecular complexity index is 2780. The summed E-state index contributed by atoms with van der Waals surface area (Å²) in [7, 11) is 0. The van der Waals surface area contributed by atoms with Gasteiger partial charge in [-0.25, -0.2) is 0 Å². The number of hydrogen-bond donors (Lipinski definition) is 6. The van der Waals surface area contributed by atoms with Gasteiger partial charge >= 0.3 is 11.9 Å². The van der Waals surface area contributed by atoms with Crippen LogP contribution in [0.25, 0.3) is 11.1 Å². The first kappa shape index (κ1) is 52.1. The van der Waals surface area contributed by atoms with Crippen LogP contribution in [0.1, 0.15) is 69.5 Å². The van der Waals surface area contributed by atoms with Gasteiger partial charge in [-0.1, -0.05) is 59.6 Å². The number of nitrogens with zero attached hydrogens (tertiary/aromatic N) is 4. The second-order valence-corrected chi connectivity index (χ2v) is 17.6. The van der Waals surface area contributed by atoms with Gasteiger partial charge in [0.15, 0.2) is 0 Å². The van der Waals surface area contributed by atoms with Crippen LogP contribution in [0.2, 0.25) is 10.0 Å². The Morgan fingerprint density at radius 3 is 1.33 bits per heavy atom. The number of nitriles is 2. The van der Waals surface area contributed by atoms with Crippen LogP contribution < -0.4 is 29.6 Å². The molecule has 0 fully saturated rings. The lowest BCUT2D eigenvalue weighted by Crippen LogP contribution is -2.52. The summed E-state index contributed by atoms with van der Waals surface area (Å²) < 4.78 is 25.0. The molecule has 6 N–H and O–H groups in total. The number of carboxylic acids is 2. The minimum Gasteiger partial charge on any atom is -0.488 e. The summed E-state index contributed by atoms with van der Waals surface area (Å²) in [4.78, 5) is 32.0. The summed E-state index contributed by atoms with van der Waals surface area (Å²) >= 11 is 13.6. The molecule has 18 heteroatoms. The third-order valence-electron chi connectivity index (χ3n) is 11.7. The number of ether oxygens (including phenoxy) is 4. The summed E-state index contributed by atoms with van der Waals surface area (Å²) in [6.07, 6.45) is 6.02. The van der Waals surface area contributed by atoms with Gasteiger partial charge < -0.3 is 39.4 Å². The number of carboxylic acid groups (broad SMARTS) is 2. The summed E-state index contributed by atoms with van der Waals surface area (Å²) in [6.45, 7) is 5.66. The third-order valence-corrected chi connectivity index (χ3v) is 12.3. The monoisotopic (exact) mass is 988 g/mol. The van der Waals surface area contributed by atoms with Gasteiger partial charge in [0.25, 0.3) is 0 Å². The zero-order valence-corrected chi connectivity index (χ0v) is 40.2. The molecule has 2 heterocycles. The maximum Gasteiger partial charge on any atom is 0.326 e. The van der Waals surface area contributed by atoms with Crippen molar-refractivity contribution in [3.63, 3.8) is 0 Å². The molecule has 2 atom stereocenters. The van der Waals surface area contributed by atoms with Crippen molar-refractivity contribution in [3.05, 3.63) is 163 Å². The fraction of sp³-hybridized carbons (Fsp3) is 0.269. The molecular formula is C52H50Cl2N6O10. The van der Waals surface area contributed by atoms with Gasteiger partial charge in [0.1, 0.15) is 72.6 Å². The lowest BCUT2D eigenvalue weighted by Gasteiger charge is -2.25. The predicted molar refractivity (Wildman–Crippen MR) is 259 cm³/mol. The molecule has 2 aromatic heterocycles. The predicted octanol–water partition coefficient (Wildman–Crippen LogP) is 7.98. The summed E-state index contributed by atoms with van der Waals surface area (Å²) in [5.74, 6) is -1.20. The molecule has 0 aliphatic heterocycles. The Balaban J connectivity index is 1.22. The Morgan fingerprint density at radius 1 is 0.586 bits per heavy atom. The van der Waals surface area contributed by atoms with Crippen molar-refractivity contribution in [1.29, 1.82) is 10.5 Å². The molecule has 0 radical (unpaired) electrons. The Morgan fingerprint density at radius 2 is 0.971 bits per heavy atom. The largest absolute Gasteiger partial charge is 0.488 e. The molecule has 70 heavy (non-hydrogen) atoms. The fourth-order valence-electron chi connectivity index (χ4n) is 7.05. The first-order chi connectivity index (χ1) is 33.5. The van der Waals surface area contributed by atoms with Gasteiger partial charge in [0.05, 0.1) is 34.4 Å². The molecule has 6 rings (SSSR count). The highest BCUT2D eigenvalue weighted by molar-refractivity contribution is 6.32. The number of aliphatic hydroxyl groups excluding tert-OH is 2. The average molecular weight is 990 g/mol. The van der Waals surface area contributed by atoms with Crippen LogP contribution in [0.4, 0.5) is 0 Å². The third kappa shape index (κ3) is 12.7. The molecule has 6 aromatic rings. The van der Waals surface area contributed by atoms with Crippen molar-refractivity contribution < 1.29 is 49.0 Å². The zero-order chi connectivity index (χ0) is 50.6. The number of carbonyl (C=O) groups is 2. The topological polar surface area (TPSA) is 249 Å². The van der Waals surface area contributed by atoms with E-state index in [-0.39, 0.29) is 49.6 Å². The summed E-state index contributed by atoms with van der Waals surface area (Å²) in [5.41, 5.74) is 5.24. The number of nitrogens with one attached hydrogen (secondary N) is 2. The molecule has 362 valence electrons. The summed E-state index contributed by atoms with van der Waals surface area (Å²) in [5, 5.41) is 64.0. The zero-order valence-electron chi connectivity index (χ0n) is 38.7. The average Bonchev–Trinajstić information content (AvgIpc) is 3.36. The number of pyridine rings is 2. The van der Waals surface area contributed by atoms with Crippen LogP contribution >= 0.6 is 23.2 Å². The van der Waals surface area contributed by atoms with Gasteiger partial charge in [-0.3, -0.25) is 30.2 Å². The van der Waals surface area contributed by atoms with Crippen molar-refractivity contribution in [2.75, 3.05) is 13.2 Å². The van der Waals surface area contributed by atoms with E-state index in [1.165, 1.54) is 26.2 Å². The minimum atomic E-state index is -1.64. The van der Waals surface area contributed by atoms with Crippen molar-refractivity contribution in [2.45, 2.75) is 78.3 Å². The Kier molecular flexibility index (Phi) is 17.4. The number of rotatable bonds is 23. The highest BCUT2D eigenvalue weighted by Crippen LogP contribution is 2.38. The van der Waals surface area contributed by atoms with Crippen LogP contribution in [0.5, 0.6) is 23.0 Å². The van der Waals surface area contributed by atoms with E-state index >= 15 is 0 Å². The number of halogens is 2. The van der Waals surface area contributed by atoms with Crippen LogP contribution in [-0.4, -0.2) is 66.6 Å². The second kappa shape index (κ2) is 23.3. The van der Waals surface area contributed by atoms with Crippen LogP contribution in [0.15, 0.2) is 97.6 Å². The number of aliphatic carboxylic acids is 2. The van der Waals surface area contributed by atoms with Crippen molar-refractivity contribution >= 4 is 35.1 Å². The molecular weight excluding hydrogens is 940 g/mol. The summed E-state index contributed by atoms with van der Waals surface area (Å²) in [6, 6.07) is 25.7. The van der Waals surface area contributed by atoms with E-state index in [2.05, 4.69) is 32.7 Å². The van der Waals surface area contributed by atoms with Crippen LogP contribution in [0, 0.1) is 36.5 Å². The van der Waals surface area contributed by atoms with Gasteiger partial charge in [-0.2, -0.15) is 10.5 Å². The van der Waals surface area contributed by atoms with Crippen molar-refractivity contribution in [3.8, 4) is 46.3 Å². The molecule has 0 spiro atoms. The second-order valence-electron chi connectivity index (χ2n) is 16.8. The van der Waals surface area contributed by atoms with Crippen molar-refractivity contribution in [1.82, 2.24) is 20.6 Å². The van der Waals surface area contributed by atoms with Gasteiger partial charge in [-0.15, -0.1) is 0 Å². The Labute approximate surface area is 414 Å². The smallest absolute Gasteiger partial charge is 0.326 e. The first-order valence-electron chi connectivity index (χ1n) is 21.7. The number of aliphatic hydroxyl groups is 2. The normalized spacial score (nSPS) is 12.7. The molecule has 0 amide bonds. The minimum absolute atomic E-state index is 0.0212. The van der Waals surface area contributed by atoms with E-state index in [0.717, 1.165) is 33.4 Å². The standard InChI is InChI=1S/C52H50Cl2N6O10/c1-31-37(27-69-47-15-45(67-25-35-11-33(17-55)19-57-21-35)39(13-43(47)53)23-59-51(3,29-61)49(63)64)7-5-9-41(31)42-10-6-8-38(32(42)2)28-70-48-16-46(68-26-36-12-34(18-56)20-58-22-36)40(14-44(48)54)24-60-52(4,30-62)50(65)66/h5-16,19-22,59-62H,23-30H2,1-4H3,(H,63,64)(H,65,66)/t51-,52-/m0/s1. The number of hydrogen-bond acceptors (Lipinski definition) is 14. The first-order valence-corrected chi connectivity index (χ1v) is 22.5. The van der Waals surface area contributed by atoms with Crippen LogP contribution in [0.3, 0.4) is 0 Å². The maximum absolute atomic E-state index is 11.9. The Hall–Kier alpha value is -7.28. The van der Waals surface area contributed by atoms with E-state index < -0.39 is 36.2 Å². The van der Waals surface area contributed by atoms with E-state index in [9.17, 15) is 40.5 Å². The van der Waals surface area contributed by atoms with Gasteiger partial charge in [0, 0.05) is 72.3 Å². The van der Waals surface area contributed by atoms with E-state index in [1.54, 1.807) is 48.8 Å². The van der Waals surface area contributed by atoms with E-state index in [1.807, 2.05) is 50.2 Å². The number of aromatic nitrogens is 2. The van der Waals surface area contributed by atoms with E-state index in [4.69, 9.17) is 42.1 Å². The molecule has 4 aromatic carbocycles. The van der Waals surface area contributed by atoms with E-state index in [0.29, 0.717) is 56.4 Å². The fourth-order valence-corrected chi connectivity index (χ4v) is 7.53. The SMILES string of the molecule is Cc1c(COc2cc(OCc3cncc(C#N)c3)c(CN[C@@](C)(CO)C(=O)O)cc2Cl)cccc1-c1cccc(COc2cc(OCc3cncc(C#N)c3)c(CN[C@@](C)(CO)C(=O)O)cc2Cl)c1C. The van der Waals surface area contributed by atoms with Crippen molar-refractivity contribution in [2.24, 2.45) is 0 Å². The molecule has 0 bridgehead atoms.